The van der Waals surface area contributed by atoms with Gasteiger partial charge in [-0.15, -0.1) is 0 Å². The van der Waals surface area contributed by atoms with Crippen molar-refractivity contribution in [3.05, 3.63) is 58.6 Å². The number of amides is 2. The van der Waals surface area contributed by atoms with Gasteiger partial charge in [-0.25, -0.2) is 0 Å². The summed E-state index contributed by atoms with van der Waals surface area (Å²) >= 11 is 0. The van der Waals surface area contributed by atoms with Gasteiger partial charge < -0.3 is 15.5 Å². The van der Waals surface area contributed by atoms with Crippen LogP contribution in [0.3, 0.4) is 0 Å². The summed E-state index contributed by atoms with van der Waals surface area (Å²) in [5, 5.41) is 25.5. The van der Waals surface area contributed by atoms with Gasteiger partial charge in [0.15, 0.2) is 0 Å². The second kappa shape index (κ2) is 27.9. The van der Waals surface area contributed by atoms with Crippen molar-refractivity contribution in [3.8, 4) is 0 Å². The number of unbranched alkanes of at least 4 members (excludes halogenated alkanes) is 16. The first kappa shape index (κ1) is 42.3. The Morgan fingerprint density at radius 3 is 1.32 bits per heavy atom. The highest BCUT2D eigenvalue weighted by molar-refractivity contribution is 5.76. The van der Waals surface area contributed by atoms with E-state index in [0.717, 1.165) is 31.4 Å². The van der Waals surface area contributed by atoms with Crippen molar-refractivity contribution in [2.24, 2.45) is 10.2 Å². The number of hydrogen-bond donors (Lipinski definition) is 2. The topological polar surface area (TPSA) is 129 Å². The first-order chi connectivity index (χ1) is 24.4. The largest absolute Gasteiger partial charge is 0.368 e. The molecule has 0 radical (unpaired) electrons. The van der Waals surface area contributed by atoms with Crippen molar-refractivity contribution in [1.29, 1.82) is 0 Å². The highest BCUT2D eigenvalue weighted by Crippen LogP contribution is 2.24. The first-order valence-corrected chi connectivity index (χ1v) is 19.5. The van der Waals surface area contributed by atoms with Crippen LogP contribution < -0.4 is 15.5 Å². The molecule has 2 aromatic rings. The van der Waals surface area contributed by atoms with Gasteiger partial charge in [0.25, 0.3) is 5.69 Å². The lowest BCUT2D eigenvalue weighted by Crippen LogP contribution is -2.39. The van der Waals surface area contributed by atoms with Crippen molar-refractivity contribution in [3.63, 3.8) is 0 Å². The number of anilines is 1. The summed E-state index contributed by atoms with van der Waals surface area (Å²) in [4.78, 5) is 37.7. The second-order valence-electron chi connectivity index (χ2n) is 13.3. The van der Waals surface area contributed by atoms with E-state index in [9.17, 15) is 19.7 Å². The number of non-ortho nitro benzene ring substituents is 1. The Morgan fingerprint density at radius 2 is 0.940 bits per heavy atom. The molecule has 278 valence electrons. The van der Waals surface area contributed by atoms with Crippen molar-refractivity contribution in [2.75, 3.05) is 31.1 Å². The molecule has 0 aliphatic rings. The average Bonchev–Trinajstić information content (AvgIpc) is 3.12. The maximum absolute atomic E-state index is 12.5. The van der Waals surface area contributed by atoms with Crippen LogP contribution in [-0.4, -0.2) is 42.9 Å². The monoisotopic (exact) mass is 692 g/mol. The van der Waals surface area contributed by atoms with E-state index in [1.165, 1.54) is 102 Å². The zero-order valence-electron chi connectivity index (χ0n) is 31.0. The predicted octanol–water partition coefficient (Wildman–Crippen LogP) is 10.9. The quantitative estimate of drug-likeness (QED) is 0.0364. The van der Waals surface area contributed by atoms with Gasteiger partial charge in [-0.2, -0.15) is 10.2 Å². The van der Waals surface area contributed by atoms with Gasteiger partial charge in [-0.1, -0.05) is 117 Å². The number of hydrogen-bond acceptors (Lipinski definition) is 7. The molecule has 0 saturated heterocycles. The Bertz CT molecular complexity index is 1180. The molecule has 50 heavy (non-hydrogen) atoms. The Balaban J connectivity index is 1.81. The number of nitrogens with one attached hydrogen (secondary N) is 2. The predicted molar refractivity (Wildman–Crippen MR) is 206 cm³/mol. The van der Waals surface area contributed by atoms with Gasteiger partial charge in [0.2, 0.25) is 11.8 Å². The third-order valence-corrected chi connectivity index (χ3v) is 8.98. The third-order valence-electron chi connectivity index (χ3n) is 8.98. The van der Waals surface area contributed by atoms with E-state index >= 15 is 0 Å². The van der Waals surface area contributed by atoms with Crippen LogP contribution in [0.25, 0.3) is 0 Å². The number of azo groups is 1. The zero-order chi connectivity index (χ0) is 36.1. The van der Waals surface area contributed by atoms with Crippen LogP contribution in [0.1, 0.15) is 142 Å². The Labute approximate surface area is 301 Å². The van der Waals surface area contributed by atoms with Crippen molar-refractivity contribution in [2.45, 2.75) is 142 Å². The van der Waals surface area contributed by atoms with Crippen LogP contribution in [0.2, 0.25) is 0 Å². The number of nitrogens with zero attached hydrogens (tertiary/aromatic N) is 4. The SMILES string of the molecule is CCCCCCCCCCCC(=O)NCCN(CCNC(=O)CCCCCCCCCCC)c1ccc(N=Nc2ccc([N+](=O)[O-])cc2)cc1. The van der Waals surface area contributed by atoms with E-state index in [4.69, 9.17) is 0 Å². The first-order valence-electron chi connectivity index (χ1n) is 19.5. The highest BCUT2D eigenvalue weighted by atomic mass is 16.6. The van der Waals surface area contributed by atoms with Crippen LogP contribution in [0.5, 0.6) is 0 Å². The Hall–Kier alpha value is -3.82. The zero-order valence-corrected chi connectivity index (χ0v) is 31.0. The van der Waals surface area contributed by atoms with Gasteiger partial charge in [0.05, 0.1) is 16.3 Å². The molecule has 0 aliphatic heterocycles. The molecule has 0 bridgehead atoms. The van der Waals surface area contributed by atoms with E-state index in [2.05, 4.69) is 39.6 Å². The molecule has 2 rings (SSSR count). The van der Waals surface area contributed by atoms with Crippen LogP contribution in [0.4, 0.5) is 22.7 Å². The fourth-order valence-corrected chi connectivity index (χ4v) is 5.89. The molecule has 0 aromatic heterocycles. The minimum atomic E-state index is -0.446. The van der Waals surface area contributed by atoms with E-state index in [1.807, 2.05) is 24.3 Å². The Morgan fingerprint density at radius 1 is 0.580 bits per heavy atom. The van der Waals surface area contributed by atoms with Gasteiger partial charge in [-0.3, -0.25) is 19.7 Å². The fourth-order valence-electron chi connectivity index (χ4n) is 5.89. The van der Waals surface area contributed by atoms with Crippen molar-refractivity contribution >= 4 is 34.6 Å². The van der Waals surface area contributed by atoms with Crippen LogP contribution in [0, 0.1) is 10.1 Å². The third kappa shape index (κ3) is 20.6. The van der Waals surface area contributed by atoms with Gasteiger partial charge in [-0.05, 0) is 49.2 Å². The molecule has 0 heterocycles. The maximum atomic E-state index is 12.5. The van der Waals surface area contributed by atoms with E-state index in [0.29, 0.717) is 50.4 Å². The molecule has 2 amide bonds. The molecule has 0 spiro atoms. The number of carbonyl (C=O) groups excluding carboxylic acids is 2. The van der Waals surface area contributed by atoms with E-state index in [1.54, 1.807) is 12.1 Å². The number of carbonyl (C=O) groups is 2. The van der Waals surface area contributed by atoms with E-state index < -0.39 is 4.92 Å². The molecule has 10 heteroatoms. The molecule has 0 atom stereocenters. The van der Waals surface area contributed by atoms with Gasteiger partial charge in [0, 0.05) is 56.8 Å². The highest BCUT2D eigenvalue weighted by Gasteiger charge is 2.10. The number of benzene rings is 2. The molecule has 0 fully saturated rings. The standard InChI is InChI=1S/C40H64N6O4/c1-3-5-7-9-11-13-15-17-19-21-39(47)41-31-33-45(34-32-42-40(48)22-20-18-16-14-12-10-8-6-4-2)37-27-23-35(24-28-37)43-44-36-25-29-38(30-26-36)46(49)50/h23-30H,3-22,31-34H2,1-2H3,(H,41,47)(H,42,48). The summed E-state index contributed by atoms with van der Waals surface area (Å²) in [6.45, 7) is 6.74. The summed E-state index contributed by atoms with van der Waals surface area (Å²) in [5.74, 6) is 0.174. The van der Waals surface area contributed by atoms with Crippen molar-refractivity contribution in [1.82, 2.24) is 10.6 Å². The second-order valence-corrected chi connectivity index (χ2v) is 13.3. The lowest BCUT2D eigenvalue weighted by molar-refractivity contribution is -0.384. The summed E-state index contributed by atoms with van der Waals surface area (Å²) in [7, 11) is 0. The lowest BCUT2D eigenvalue weighted by Gasteiger charge is -2.25. The van der Waals surface area contributed by atoms with Crippen LogP contribution >= 0.6 is 0 Å². The minimum absolute atomic E-state index is 0.00719. The molecule has 0 aliphatic carbocycles. The normalized spacial score (nSPS) is 11.2. The molecule has 2 N–H and O–H groups in total. The summed E-state index contributed by atoms with van der Waals surface area (Å²) in [5.41, 5.74) is 2.14. The average molecular weight is 693 g/mol. The molecule has 0 saturated carbocycles. The van der Waals surface area contributed by atoms with Crippen LogP contribution in [-0.2, 0) is 9.59 Å². The number of nitro benzene ring substituents is 1. The van der Waals surface area contributed by atoms with E-state index in [-0.39, 0.29) is 17.5 Å². The van der Waals surface area contributed by atoms with Gasteiger partial charge in [0.1, 0.15) is 0 Å². The van der Waals surface area contributed by atoms with Gasteiger partial charge >= 0.3 is 0 Å². The fraction of sp³-hybridized carbons (Fsp3) is 0.650. The van der Waals surface area contributed by atoms with Crippen molar-refractivity contribution < 1.29 is 14.5 Å². The summed E-state index contributed by atoms with van der Waals surface area (Å²) in [6.07, 6.45) is 23.2. The number of rotatable bonds is 30. The Kier molecular flexibility index (Phi) is 23.7. The van der Waals surface area contributed by atoms with Crippen LogP contribution in [0.15, 0.2) is 58.8 Å². The molecule has 2 aromatic carbocycles. The maximum Gasteiger partial charge on any atom is 0.269 e. The molecule has 0 unspecified atom stereocenters. The molecular formula is C40H64N6O4. The molecule has 10 nitrogen and oxygen atoms in total. The summed E-state index contributed by atoms with van der Waals surface area (Å²) in [6, 6.07) is 13.6. The smallest absolute Gasteiger partial charge is 0.269 e. The molecular weight excluding hydrogens is 628 g/mol. The summed E-state index contributed by atoms with van der Waals surface area (Å²) < 4.78 is 0. The number of nitro groups is 1. The minimum Gasteiger partial charge on any atom is -0.368 e. The lowest BCUT2D eigenvalue weighted by atomic mass is 10.1.